The van der Waals surface area contributed by atoms with Crippen molar-refractivity contribution in [1.29, 1.82) is 0 Å². The highest BCUT2D eigenvalue weighted by Crippen LogP contribution is 2.30. The van der Waals surface area contributed by atoms with Crippen LogP contribution in [-0.4, -0.2) is 26.3 Å². The van der Waals surface area contributed by atoms with Gasteiger partial charge in [0.25, 0.3) is 5.91 Å². The fourth-order valence-electron chi connectivity index (χ4n) is 2.49. The molecular weight excluding hydrogens is 302 g/mol. The third kappa shape index (κ3) is 2.27. The normalized spacial score (nSPS) is 17.0. The predicted octanol–water partition coefficient (Wildman–Crippen LogP) is 3.15. The molecule has 2 aromatic rings. The van der Waals surface area contributed by atoms with Gasteiger partial charge in [0, 0.05) is 16.3 Å². The Bertz CT molecular complexity index is 805. The number of hydrogen-bond acceptors (Lipinski definition) is 3. The van der Waals surface area contributed by atoms with Crippen molar-refractivity contribution in [3.63, 3.8) is 0 Å². The molecular formula is C16H16ClN3O2. The second kappa shape index (κ2) is 4.88. The first kappa shape index (κ1) is 14.7. The van der Waals surface area contributed by atoms with Crippen LogP contribution in [0.2, 0.25) is 5.02 Å². The average Bonchev–Trinajstić information content (AvgIpc) is 2.89. The molecule has 22 heavy (non-hydrogen) atoms. The Morgan fingerprint density at radius 3 is 2.64 bits per heavy atom. The molecule has 0 saturated carbocycles. The molecule has 2 heterocycles. The average molecular weight is 318 g/mol. The van der Waals surface area contributed by atoms with Crippen LogP contribution in [0.1, 0.15) is 19.5 Å². The summed E-state index contributed by atoms with van der Waals surface area (Å²) in [7, 11) is 0. The van der Waals surface area contributed by atoms with Crippen molar-refractivity contribution in [3.8, 4) is 11.3 Å². The SMILES string of the molecule is Cc1cc(-c2cccc(Cl)c2)nn1C1=C(O)C(C)(C)NC1=O. The Morgan fingerprint density at radius 2 is 2.05 bits per heavy atom. The van der Waals surface area contributed by atoms with Crippen molar-refractivity contribution < 1.29 is 9.90 Å². The number of carbonyl (C=O) groups is 1. The Kier molecular flexibility index (Phi) is 3.25. The van der Waals surface area contributed by atoms with E-state index in [4.69, 9.17) is 11.6 Å². The summed E-state index contributed by atoms with van der Waals surface area (Å²) in [6, 6.07) is 9.18. The summed E-state index contributed by atoms with van der Waals surface area (Å²) in [6.45, 7) is 5.31. The summed E-state index contributed by atoms with van der Waals surface area (Å²) in [5.74, 6) is -0.354. The molecule has 0 atom stereocenters. The smallest absolute Gasteiger partial charge is 0.274 e. The molecule has 0 bridgehead atoms. The molecule has 0 saturated heterocycles. The van der Waals surface area contributed by atoms with Crippen LogP contribution in [0.3, 0.4) is 0 Å². The van der Waals surface area contributed by atoms with Gasteiger partial charge >= 0.3 is 0 Å². The summed E-state index contributed by atoms with van der Waals surface area (Å²) in [5, 5.41) is 18.1. The lowest BCUT2D eigenvalue weighted by Gasteiger charge is -2.17. The van der Waals surface area contributed by atoms with Crippen LogP contribution in [0, 0.1) is 6.92 Å². The van der Waals surface area contributed by atoms with Crippen LogP contribution < -0.4 is 5.32 Å². The van der Waals surface area contributed by atoms with Crippen molar-refractivity contribution >= 4 is 23.2 Å². The molecule has 0 unspecified atom stereocenters. The molecule has 0 aliphatic carbocycles. The van der Waals surface area contributed by atoms with E-state index in [9.17, 15) is 9.90 Å². The maximum atomic E-state index is 12.1. The van der Waals surface area contributed by atoms with E-state index in [1.54, 1.807) is 26.0 Å². The molecule has 1 aliphatic rings. The van der Waals surface area contributed by atoms with Gasteiger partial charge in [-0.1, -0.05) is 23.7 Å². The van der Waals surface area contributed by atoms with Crippen LogP contribution in [0.5, 0.6) is 0 Å². The zero-order valence-corrected chi connectivity index (χ0v) is 13.3. The topological polar surface area (TPSA) is 67.2 Å². The molecule has 1 amide bonds. The lowest BCUT2D eigenvalue weighted by atomic mass is 10.1. The fourth-order valence-corrected chi connectivity index (χ4v) is 2.68. The Balaban J connectivity index is 2.11. The van der Waals surface area contributed by atoms with Crippen LogP contribution in [0.4, 0.5) is 0 Å². The Labute approximate surface area is 133 Å². The summed E-state index contributed by atoms with van der Waals surface area (Å²) >= 11 is 6.00. The summed E-state index contributed by atoms with van der Waals surface area (Å²) < 4.78 is 1.47. The van der Waals surface area contributed by atoms with Crippen molar-refractivity contribution in [2.24, 2.45) is 0 Å². The third-order valence-electron chi connectivity index (χ3n) is 3.68. The van der Waals surface area contributed by atoms with Crippen LogP contribution in [-0.2, 0) is 4.79 Å². The van der Waals surface area contributed by atoms with Gasteiger partial charge in [0.2, 0.25) is 0 Å². The summed E-state index contributed by atoms with van der Waals surface area (Å²) in [4.78, 5) is 12.1. The number of aliphatic hydroxyl groups excluding tert-OH is 1. The van der Waals surface area contributed by atoms with Crippen molar-refractivity contribution in [2.45, 2.75) is 26.3 Å². The number of aryl methyl sites for hydroxylation is 1. The van der Waals surface area contributed by atoms with Gasteiger partial charge in [0.1, 0.15) is 5.76 Å². The molecule has 2 N–H and O–H groups in total. The fraction of sp³-hybridized carbons (Fsp3) is 0.250. The highest BCUT2D eigenvalue weighted by Gasteiger charge is 2.40. The van der Waals surface area contributed by atoms with E-state index >= 15 is 0 Å². The van der Waals surface area contributed by atoms with Crippen LogP contribution in [0.25, 0.3) is 17.0 Å². The number of benzene rings is 1. The lowest BCUT2D eigenvalue weighted by Crippen LogP contribution is -2.38. The zero-order valence-electron chi connectivity index (χ0n) is 12.5. The first-order valence-electron chi connectivity index (χ1n) is 6.89. The highest BCUT2D eigenvalue weighted by atomic mass is 35.5. The number of aliphatic hydroxyl groups is 1. The van der Waals surface area contributed by atoms with E-state index in [1.807, 2.05) is 25.1 Å². The molecule has 0 radical (unpaired) electrons. The molecule has 5 nitrogen and oxygen atoms in total. The number of nitrogens with zero attached hydrogens (tertiary/aromatic N) is 2. The van der Waals surface area contributed by atoms with Gasteiger partial charge < -0.3 is 10.4 Å². The molecule has 3 rings (SSSR count). The Morgan fingerprint density at radius 1 is 1.32 bits per heavy atom. The molecule has 1 aromatic heterocycles. The van der Waals surface area contributed by atoms with E-state index < -0.39 is 5.54 Å². The maximum absolute atomic E-state index is 12.1. The molecule has 6 heteroatoms. The molecule has 0 fully saturated rings. The van der Waals surface area contributed by atoms with E-state index in [0.717, 1.165) is 11.3 Å². The van der Waals surface area contributed by atoms with Gasteiger partial charge in [-0.25, -0.2) is 4.68 Å². The summed E-state index contributed by atoms with van der Waals surface area (Å²) in [6.07, 6.45) is 0. The minimum Gasteiger partial charge on any atom is -0.507 e. The third-order valence-corrected chi connectivity index (χ3v) is 3.91. The van der Waals surface area contributed by atoms with Crippen LogP contribution in [0.15, 0.2) is 36.1 Å². The molecule has 114 valence electrons. The minimum atomic E-state index is -0.791. The Hall–Kier alpha value is -2.27. The van der Waals surface area contributed by atoms with E-state index in [0.29, 0.717) is 10.7 Å². The highest BCUT2D eigenvalue weighted by molar-refractivity contribution is 6.30. The summed E-state index contributed by atoms with van der Waals surface area (Å²) in [5.41, 5.74) is 1.67. The number of hydrogen-bond donors (Lipinski definition) is 2. The largest absolute Gasteiger partial charge is 0.507 e. The number of halogens is 1. The minimum absolute atomic E-state index is 0.0126. The number of nitrogens with one attached hydrogen (secondary N) is 1. The predicted molar refractivity (Wildman–Crippen MR) is 85.5 cm³/mol. The lowest BCUT2D eigenvalue weighted by molar-refractivity contribution is -0.116. The van der Waals surface area contributed by atoms with E-state index in [1.165, 1.54) is 4.68 Å². The van der Waals surface area contributed by atoms with Gasteiger partial charge in [-0.2, -0.15) is 5.10 Å². The van der Waals surface area contributed by atoms with Gasteiger partial charge in [-0.05, 0) is 39.0 Å². The number of aromatic nitrogens is 2. The molecule has 0 spiro atoms. The standard InChI is InChI=1S/C16H16ClN3O2/c1-9-7-12(10-5-4-6-11(17)8-10)19-20(9)13-14(21)16(2,3)18-15(13)22/h4-8,21H,1-3H3,(H,18,22). The van der Waals surface area contributed by atoms with E-state index in [2.05, 4.69) is 10.4 Å². The second-order valence-corrected chi connectivity index (χ2v) is 6.31. The maximum Gasteiger partial charge on any atom is 0.274 e. The van der Waals surface area contributed by atoms with Crippen molar-refractivity contribution in [1.82, 2.24) is 15.1 Å². The first-order chi connectivity index (χ1) is 10.3. The van der Waals surface area contributed by atoms with E-state index in [-0.39, 0.29) is 17.4 Å². The first-order valence-corrected chi connectivity index (χ1v) is 7.26. The van der Waals surface area contributed by atoms with Crippen molar-refractivity contribution in [2.75, 3.05) is 0 Å². The van der Waals surface area contributed by atoms with Gasteiger partial charge in [0.05, 0.1) is 11.2 Å². The number of amides is 1. The van der Waals surface area contributed by atoms with Gasteiger partial charge in [-0.3, -0.25) is 4.79 Å². The number of rotatable bonds is 2. The quantitative estimate of drug-likeness (QED) is 0.894. The molecule has 1 aliphatic heterocycles. The monoisotopic (exact) mass is 317 g/mol. The number of carbonyl (C=O) groups excluding carboxylic acids is 1. The van der Waals surface area contributed by atoms with Gasteiger partial charge in [0.15, 0.2) is 5.70 Å². The zero-order chi connectivity index (χ0) is 16.1. The van der Waals surface area contributed by atoms with Crippen LogP contribution >= 0.6 is 11.6 Å². The molecule has 1 aromatic carbocycles. The van der Waals surface area contributed by atoms with Gasteiger partial charge in [-0.15, -0.1) is 0 Å². The second-order valence-electron chi connectivity index (χ2n) is 5.87. The van der Waals surface area contributed by atoms with Crippen molar-refractivity contribution in [3.05, 3.63) is 46.8 Å².